The first-order chi connectivity index (χ1) is 11.5. The van der Waals surface area contributed by atoms with Crippen LogP contribution in [0.25, 0.3) is 0 Å². The highest BCUT2D eigenvalue weighted by atomic mass is 16.4. The fraction of sp³-hybridized carbons (Fsp3) is 0.889. The van der Waals surface area contributed by atoms with Gasteiger partial charge < -0.3 is 15.5 Å². The van der Waals surface area contributed by atoms with Gasteiger partial charge in [-0.15, -0.1) is 0 Å². The predicted molar refractivity (Wildman–Crippen MR) is 94.1 cm³/mol. The third-order valence-corrected chi connectivity index (χ3v) is 5.13. The molecule has 0 aromatic rings. The summed E-state index contributed by atoms with van der Waals surface area (Å²) in [5.74, 6) is 0.0362. The number of rotatable bonds is 7. The van der Waals surface area contributed by atoms with Crippen molar-refractivity contribution in [2.45, 2.75) is 58.9 Å². The number of nitrogens with one attached hydrogen (secondary N) is 1. The smallest absolute Gasteiger partial charge is 0.320 e. The van der Waals surface area contributed by atoms with Crippen LogP contribution < -0.4 is 5.32 Å². The van der Waals surface area contributed by atoms with E-state index < -0.39 is 18.0 Å². The highest BCUT2D eigenvalue weighted by Gasteiger charge is 2.37. The molecule has 3 N–H and O–H groups in total. The maximum absolute atomic E-state index is 11.2. The van der Waals surface area contributed by atoms with E-state index in [4.69, 9.17) is 5.11 Å². The van der Waals surface area contributed by atoms with Crippen molar-refractivity contribution in [3.05, 3.63) is 0 Å². The number of carboxylic acids is 2. The summed E-state index contributed by atoms with van der Waals surface area (Å²) < 4.78 is 0. The van der Waals surface area contributed by atoms with E-state index in [1.54, 1.807) is 0 Å². The number of piperidine rings is 1. The lowest BCUT2D eigenvalue weighted by Crippen LogP contribution is -2.50. The van der Waals surface area contributed by atoms with Crippen LogP contribution in [0.1, 0.15) is 52.9 Å². The van der Waals surface area contributed by atoms with Gasteiger partial charge in [-0.1, -0.05) is 20.8 Å². The molecule has 1 saturated heterocycles. The second-order valence-electron chi connectivity index (χ2n) is 6.86. The van der Waals surface area contributed by atoms with Crippen LogP contribution in [-0.4, -0.2) is 59.3 Å². The molecule has 6 heteroatoms. The second kappa shape index (κ2) is 10.7. The number of aliphatic carboxylic acids is 2. The molecule has 1 saturated carbocycles. The van der Waals surface area contributed by atoms with Gasteiger partial charge in [0.2, 0.25) is 0 Å². The van der Waals surface area contributed by atoms with Crippen molar-refractivity contribution in [3.63, 3.8) is 0 Å². The summed E-state index contributed by atoms with van der Waals surface area (Å²) in [6.45, 7) is 8.63. The Balaban J connectivity index is 0.00000139. The Bertz CT molecular complexity index is 402. The molecule has 0 aromatic carbocycles. The lowest BCUT2D eigenvalue weighted by molar-refractivity contribution is -0.141. The zero-order valence-corrected chi connectivity index (χ0v) is 15.3. The Kier molecular flexibility index (Phi) is 9.29. The first-order valence-corrected chi connectivity index (χ1v) is 9.40. The van der Waals surface area contributed by atoms with E-state index >= 15 is 0 Å². The summed E-state index contributed by atoms with van der Waals surface area (Å²) in [6.07, 6.45) is 4.96. The van der Waals surface area contributed by atoms with Crippen molar-refractivity contribution >= 4 is 11.9 Å². The maximum atomic E-state index is 11.2. The van der Waals surface area contributed by atoms with Gasteiger partial charge in [-0.25, -0.2) is 0 Å². The molecule has 0 bridgehead atoms. The Morgan fingerprint density at radius 2 is 1.83 bits per heavy atom. The Hall–Kier alpha value is -1.14. The van der Waals surface area contributed by atoms with Crippen LogP contribution in [0.3, 0.4) is 0 Å². The average molecular weight is 342 g/mol. The van der Waals surface area contributed by atoms with Crippen LogP contribution in [0.5, 0.6) is 0 Å². The van der Waals surface area contributed by atoms with Gasteiger partial charge >= 0.3 is 11.9 Å². The van der Waals surface area contributed by atoms with Gasteiger partial charge in [0.25, 0.3) is 0 Å². The number of carboxylic acid groups (broad SMARTS) is 2. The number of hydrogen-bond donors (Lipinski definition) is 3. The minimum atomic E-state index is -0.769. The Labute approximate surface area is 145 Å². The minimum absolute atomic E-state index is 0.109. The fourth-order valence-electron chi connectivity index (χ4n) is 4.12. The molecule has 2 fully saturated rings. The number of nitrogens with zero attached hydrogens (tertiary/aromatic N) is 1. The fourth-order valence-corrected chi connectivity index (χ4v) is 4.12. The van der Waals surface area contributed by atoms with Crippen molar-refractivity contribution in [2.24, 2.45) is 17.8 Å². The molecule has 4 atom stereocenters. The molecule has 1 heterocycles. The van der Waals surface area contributed by atoms with E-state index in [-0.39, 0.29) is 6.54 Å². The predicted octanol–water partition coefficient (Wildman–Crippen LogP) is 2.29. The average Bonchev–Trinajstić information content (AvgIpc) is 2.55. The van der Waals surface area contributed by atoms with E-state index in [9.17, 15) is 14.7 Å². The molecule has 0 aromatic heterocycles. The lowest BCUT2D eigenvalue weighted by Gasteiger charge is -2.42. The summed E-state index contributed by atoms with van der Waals surface area (Å²) in [5.41, 5.74) is 0. The third-order valence-electron chi connectivity index (χ3n) is 5.13. The van der Waals surface area contributed by atoms with Crippen molar-refractivity contribution in [1.82, 2.24) is 10.2 Å². The quantitative estimate of drug-likeness (QED) is 0.658. The molecule has 140 valence electrons. The van der Waals surface area contributed by atoms with Gasteiger partial charge in [0.05, 0.1) is 6.54 Å². The van der Waals surface area contributed by atoms with Crippen LogP contribution in [0.15, 0.2) is 0 Å². The van der Waals surface area contributed by atoms with Gasteiger partial charge in [0.15, 0.2) is 0 Å². The molecule has 6 nitrogen and oxygen atoms in total. The van der Waals surface area contributed by atoms with Crippen LogP contribution in [0.4, 0.5) is 0 Å². The first-order valence-electron chi connectivity index (χ1n) is 9.40. The zero-order valence-electron chi connectivity index (χ0n) is 15.3. The standard InChI is InChI=1S/C16H28N2O4.C2H6/c1-2-5-18(10-15(19)20)9-11-3-4-12-8-17-14(16(21)22)7-13(12)6-11;1-2/h11-14,17H,2-10H2,1H3,(H,19,20)(H,21,22);1-2H3/t11-,12?,13?,14?;/m0./s1. The molecular weight excluding hydrogens is 308 g/mol. The minimum Gasteiger partial charge on any atom is -0.480 e. The van der Waals surface area contributed by atoms with Crippen LogP contribution in [0, 0.1) is 17.8 Å². The zero-order chi connectivity index (χ0) is 18.1. The van der Waals surface area contributed by atoms with E-state index in [1.807, 2.05) is 18.7 Å². The highest BCUT2D eigenvalue weighted by Crippen LogP contribution is 2.38. The topological polar surface area (TPSA) is 89.9 Å². The molecule has 3 unspecified atom stereocenters. The SMILES string of the molecule is CC.CCCN(CC(=O)O)C[C@H]1CCC2CNC(C(=O)O)CC2C1. The summed E-state index contributed by atoms with van der Waals surface area (Å²) >= 11 is 0. The number of hydrogen-bond acceptors (Lipinski definition) is 4. The van der Waals surface area contributed by atoms with Gasteiger partial charge in [-0.2, -0.15) is 0 Å². The van der Waals surface area contributed by atoms with E-state index in [0.29, 0.717) is 24.2 Å². The normalized spacial score (nSPS) is 29.3. The van der Waals surface area contributed by atoms with Crippen molar-refractivity contribution in [2.75, 3.05) is 26.2 Å². The Morgan fingerprint density at radius 3 is 2.42 bits per heavy atom. The number of fused-ring (bicyclic) bond motifs is 1. The van der Waals surface area contributed by atoms with Gasteiger partial charge in [-0.05, 0) is 62.9 Å². The molecular formula is C18H34N2O4. The Morgan fingerprint density at radius 1 is 1.12 bits per heavy atom. The molecule has 1 aliphatic carbocycles. The summed E-state index contributed by atoms with van der Waals surface area (Å²) in [5, 5.41) is 21.3. The maximum Gasteiger partial charge on any atom is 0.320 e. The summed E-state index contributed by atoms with van der Waals surface area (Å²) in [6, 6.07) is -0.411. The first kappa shape index (κ1) is 20.9. The molecule has 0 radical (unpaired) electrons. The largest absolute Gasteiger partial charge is 0.480 e. The van der Waals surface area contributed by atoms with Gasteiger partial charge in [0, 0.05) is 6.54 Å². The highest BCUT2D eigenvalue weighted by molar-refractivity contribution is 5.73. The van der Waals surface area contributed by atoms with Gasteiger partial charge in [-0.3, -0.25) is 14.5 Å². The number of carbonyl (C=O) groups is 2. The van der Waals surface area contributed by atoms with Crippen molar-refractivity contribution < 1.29 is 19.8 Å². The summed E-state index contributed by atoms with van der Waals surface area (Å²) in [4.78, 5) is 24.1. The molecule has 0 amide bonds. The van der Waals surface area contributed by atoms with Crippen molar-refractivity contribution in [1.29, 1.82) is 0 Å². The van der Waals surface area contributed by atoms with Crippen LogP contribution in [0.2, 0.25) is 0 Å². The lowest BCUT2D eigenvalue weighted by atomic mass is 9.69. The van der Waals surface area contributed by atoms with Crippen molar-refractivity contribution in [3.8, 4) is 0 Å². The van der Waals surface area contributed by atoms with Gasteiger partial charge in [0.1, 0.15) is 6.04 Å². The van der Waals surface area contributed by atoms with Crippen LogP contribution in [-0.2, 0) is 9.59 Å². The molecule has 0 spiro atoms. The molecule has 1 aliphatic heterocycles. The summed E-state index contributed by atoms with van der Waals surface area (Å²) in [7, 11) is 0. The molecule has 2 rings (SSSR count). The van der Waals surface area contributed by atoms with E-state index in [0.717, 1.165) is 45.3 Å². The van der Waals surface area contributed by atoms with E-state index in [2.05, 4.69) is 12.2 Å². The second-order valence-corrected chi connectivity index (χ2v) is 6.86. The van der Waals surface area contributed by atoms with E-state index in [1.165, 1.54) is 0 Å². The molecule has 24 heavy (non-hydrogen) atoms. The third kappa shape index (κ3) is 6.40. The monoisotopic (exact) mass is 342 g/mol. The van der Waals surface area contributed by atoms with Crippen LogP contribution >= 0.6 is 0 Å². The molecule has 2 aliphatic rings.